The van der Waals surface area contributed by atoms with Gasteiger partial charge in [0.1, 0.15) is 0 Å². The highest BCUT2D eigenvalue weighted by atomic mass is 79.9. The van der Waals surface area contributed by atoms with Gasteiger partial charge in [-0.1, -0.05) is 6.07 Å². The second kappa shape index (κ2) is 9.83. The van der Waals surface area contributed by atoms with Crippen LogP contribution in [-0.2, 0) is 10.5 Å². The van der Waals surface area contributed by atoms with E-state index in [1.807, 2.05) is 30.1 Å². The van der Waals surface area contributed by atoms with Crippen molar-refractivity contribution in [3.05, 3.63) is 44.6 Å². The number of hydrogen-bond donors (Lipinski definition) is 3. The van der Waals surface area contributed by atoms with E-state index in [1.165, 1.54) is 20.3 Å². The number of carbonyl (C=O) groups excluding carboxylic acids is 1. The van der Waals surface area contributed by atoms with Crippen LogP contribution in [0, 0.1) is 6.92 Å². The molecule has 4 N–H and O–H groups in total. The standard InChI is InChI=1S/C13H14BrNS2.CH4N2O/c1-9-6-7-10(17-9)8-16-13-11(14)4-3-5-12(13)15-2;2-3-1-4/h3-7,15H,8H2,1-2H3;1H,2H2,(H,3,4). The Balaban J connectivity index is 0.000000491. The van der Waals surface area contributed by atoms with Crippen LogP contribution in [0.4, 0.5) is 5.69 Å². The minimum Gasteiger partial charge on any atom is -0.387 e. The van der Waals surface area contributed by atoms with Gasteiger partial charge in [-0.15, -0.1) is 23.1 Å². The normalized spacial score (nSPS) is 9.52. The molecule has 0 saturated carbocycles. The summed E-state index contributed by atoms with van der Waals surface area (Å²) in [6.07, 6.45) is 0.403. The number of rotatable bonds is 5. The van der Waals surface area contributed by atoms with E-state index in [9.17, 15) is 0 Å². The van der Waals surface area contributed by atoms with Crippen molar-refractivity contribution in [1.29, 1.82) is 0 Å². The molecule has 0 aliphatic heterocycles. The largest absolute Gasteiger partial charge is 0.387 e. The fourth-order valence-corrected chi connectivity index (χ4v) is 4.28. The van der Waals surface area contributed by atoms with Crippen molar-refractivity contribution in [3.8, 4) is 0 Å². The highest BCUT2D eigenvalue weighted by molar-refractivity contribution is 9.10. The Labute approximate surface area is 141 Å². The molecule has 1 amide bonds. The van der Waals surface area contributed by atoms with Crippen molar-refractivity contribution in [2.45, 2.75) is 17.6 Å². The molecule has 114 valence electrons. The highest BCUT2D eigenvalue weighted by Gasteiger charge is 2.07. The van der Waals surface area contributed by atoms with Crippen LogP contribution in [0.3, 0.4) is 0 Å². The van der Waals surface area contributed by atoms with Crippen molar-refractivity contribution in [1.82, 2.24) is 5.43 Å². The predicted molar refractivity (Wildman–Crippen MR) is 95.7 cm³/mol. The summed E-state index contributed by atoms with van der Waals surface area (Å²) in [5.41, 5.74) is 2.93. The fourth-order valence-electron chi connectivity index (χ4n) is 1.56. The van der Waals surface area contributed by atoms with Gasteiger partial charge in [0.25, 0.3) is 0 Å². The molecule has 0 aliphatic rings. The Bertz CT molecular complexity index is 575. The Morgan fingerprint density at radius 1 is 1.38 bits per heavy atom. The lowest BCUT2D eigenvalue weighted by atomic mass is 10.3. The van der Waals surface area contributed by atoms with Crippen LogP contribution in [0.5, 0.6) is 0 Å². The number of amides is 1. The van der Waals surface area contributed by atoms with Crippen LogP contribution in [0.25, 0.3) is 0 Å². The molecule has 7 heteroatoms. The number of benzene rings is 1. The molecule has 1 aromatic carbocycles. The minimum atomic E-state index is 0.403. The van der Waals surface area contributed by atoms with E-state index in [0.717, 1.165) is 10.2 Å². The number of nitrogens with one attached hydrogen (secondary N) is 2. The third kappa shape index (κ3) is 6.09. The van der Waals surface area contributed by atoms with Crippen LogP contribution in [0.2, 0.25) is 0 Å². The van der Waals surface area contributed by atoms with Crippen molar-refractivity contribution < 1.29 is 4.79 Å². The first-order valence-electron chi connectivity index (χ1n) is 6.16. The second-order valence-electron chi connectivity index (χ2n) is 3.95. The van der Waals surface area contributed by atoms with E-state index in [4.69, 9.17) is 4.79 Å². The highest BCUT2D eigenvalue weighted by Crippen LogP contribution is 2.37. The van der Waals surface area contributed by atoms with E-state index >= 15 is 0 Å². The monoisotopic (exact) mass is 387 g/mol. The molecular formula is C14H18BrN3OS2. The van der Waals surface area contributed by atoms with Gasteiger partial charge in [-0.2, -0.15) is 0 Å². The number of aryl methyl sites for hydroxylation is 1. The molecule has 0 atom stereocenters. The molecule has 21 heavy (non-hydrogen) atoms. The Hall–Kier alpha value is -1.02. The predicted octanol–water partition coefficient (Wildman–Crippen LogP) is 3.76. The van der Waals surface area contributed by atoms with Gasteiger partial charge in [-0.3, -0.25) is 10.2 Å². The zero-order valence-electron chi connectivity index (χ0n) is 11.9. The average molecular weight is 388 g/mol. The molecule has 0 aliphatic carbocycles. The molecule has 0 saturated heterocycles. The second-order valence-corrected chi connectivity index (χ2v) is 7.16. The number of anilines is 1. The lowest BCUT2D eigenvalue weighted by molar-refractivity contribution is -0.109. The van der Waals surface area contributed by atoms with E-state index < -0.39 is 0 Å². The van der Waals surface area contributed by atoms with Gasteiger partial charge in [0.05, 0.1) is 0 Å². The smallest absolute Gasteiger partial charge is 0.221 e. The summed E-state index contributed by atoms with van der Waals surface area (Å²) in [5.74, 6) is 5.43. The molecule has 0 unspecified atom stereocenters. The Morgan fingerprint density at radius 3 is 2.62 bits per heavy atom. The Kier molecular flexibility index (Phi) is 8.44. The summed E-state index contributed by atoms with van der Waals surface area (Å²) < 4.78 is 1.16. The summed E-state index contributed by atoms with van der Waals surface area (Å²) in [6, 6.07) is 10.6. The number of nitrogens with two attached hydrogens (primary N) is 1. The third-order valence-corrected chi connectivity index (χ3v) is 5.75. The van der Waals surface area contributed by atoms with Crippen LogP contribution < -0.4 is 16.6 Å². The fraction of sp³-hybridized carbons (Fsp3) is 0.214. The molecule has 0 spiro atoms. The van der Waals surface area contributed by atoms with E-state index in [0.29, 0.717) is 6.41 Å². The van der Waals surface area contributed by atoms with E-state index in [-0.39, 0.29) is 0 Å². The van der Waals surface area contributed by atoms with Crippen LogP contribution in [0.15, 0.2) is 39.7 Å². The topological polar surface area (TPSA) is 67.2 Å². The first kappa shape index (κ1) is 18.0. The number of hydrogen-bond acceptors (Lipinski definition) is 5. The Morgan fingerprint density at radius 2 is 2.10 bits per heavy atom. The molecular weight excluding hydrogens is 370 g/mol. The van der Waals surface area contributed by atoms with E-state index in [1.54, 1.807) is 5.43 Å². The molecule has 4 nitrogen and oxygen atoms in total. The lowest BCUT2D eigenvalue weighted by Crippen LogP contribution is -2.18. The maximum absolute atomic E-state index is 8.94. The zero-order valence-corrected chi connectivity index (χ0v) is 15.1. The third-order valence-electron chi connectivity index (χ3n) is 2.46. The van der Waals surface area contributed by atoms with Crippen molar-refractivity contribution in [2.75, 3.05) is 12.4 Å². The molecule has 2 rings (SSSR count). The van der Waals surface area contributed by atoms with Gasteiger partial charge in [0.2, 0.25) is 6.41 Å². The molecule has 0 fully saturated rings. The van der Waals surface area contributed by atoms with Crippen LogP contribution in [0.1, 0.15) is 9.75 Å². The summed E-state index contributed by atoms with van der Waals surface area (Å²) >= 11 is 7.34. The first-order chi connectivity index (χ1) is 10.1. The lowest BCUT2D eigenvalue weighted by Gasteiger charge is -2.09. The number of thioether (sulfide) groups is 1. The van der Waals surface area contributed by atoms with Crippen molar-refractivity contribution in [2.24, 2.45) is 5.84 Å². The maximum Gasteiger partial charge on any atom is 0.221 e. The van der Waals surface area contributed by atoms with E-state index in [2.05, 4.69) is 64.3 Å². The van der Waals surface area contributed by atoms with Crippen molar-refractivity contribution >= 4 is 51.1 Å². The van der Waals surface area contributed by atoms with Crippen molar-refractivity contribution in [3.63, 3.8) is 0 Å². The van der Waals surface area contributed by atoms with Gasteiger partial charge in [-0.25, -0.2) is 5.84 Å². The maximum atomic E-state index is 8.94. The van der Waals surface area contributed by atoms with Crippen LogP contribution >= 0.6 is 39.0 Å². The number of carbonyl (C=O) groups is 1. The molecule has 1 aromatic heterocycles. The summed E-state index contributed by atoms with van der Waals surface area (Å²) in [4.78, 5) is 13.0. The minimum absolute atomic E-state index is 0.403. The SMILES string of the molecule is CNc1cccc(Br)c1SCc1ccc(C)s1.NNC=O. The summed E-state index contributed by atoms with van der Waals surface area (Å²) in [6.45, 7) is 2.15. The summed E-state index contributed by atoms with van der Waals surface area (Å²) in [5, 5.41) is 3.23. The number of thiophene rings is 1. The first-order valence-corrected chi connectivity index (χ1v) is 8.76. The molecule has 0 radical (unpaired) electrons. The molecule has 1 heterocycles. The quantitative estimate of drug-likeness (QED) is 0.240. The number of halogens is 1. The van der Waals surface area contributed by atoms with Gasteiger partial charge < -0.3 is 5.32 Å². The molecule has 0 bridgehead atoms. The average Bonchev–Trinajstić information content (AvgIpc) is 2.91. The molecule has 2 aromatic rings. The van der Waals surface area contributed by atoms with Gasteiger partial charge in [-0.05, 0) is 47.1 Å². The van der Waals surface area contributed by atoms with Gasteiger partial charge in [0, 0.05) is 37.6 Å². The van der Waals surface area contributed by atoms with Gasteiger partial charge in [0.15, 0.2) is 0 Å². The van der Waals surface area contributed by atoms with Crippen LogP contribution in [-0.4, -0.2) is 13.5 Å². The summed E-state index contributed by atoms with van der Waals surface area (Å²) in [7, 11) is 1.96. The number of hydrazine groups is 1. The van der Waals surface area contributed by atoms with Gasteiger partial charge >= 0.3 is 0 Å². The zero-order chi connectivity index (χ0) is 15.7.